The van der Waals surface area contributed by atoms with Crippen LogP contribution in [0.5, 0.6) is 0 Å². The number of aromatic nitrogens is 2. The maximum atomic E-state index is 13.0. The molecule has 0 amide bonds. The molecule has 0 bridgehead atoms. The van der Waals surface area contributed by atoms with Gasteiger partial charge >= 0.3 is 6.18 Å². The van der Waals surface area contributed by atoms with Gasteiger partial charge < -0.3 is 10.3 Å². The topological polar surface area (TPSA) is 43.8 Å². The predicted octanol–water partition coefficient (Wildman–Crippen LogP) is 2.76. The van der Waals surface area contributed by atoms with Crippen molar-refractivity contribution >= 4 is 5.82 Å². The molecule has 0 spiro atoms. The Kier molecular flexibility index (Phi) is 2.98. The molecule has 96 valence electrons. The third-order valence-electron chi connectivity index (χ3n) is 2.42. The molecule has 0 aliphatic carbocycles. The van der Waals surface area contributed by atoms with Gasteiger partial charge in [0.2, 0.25) is 0 Å². The Morgan fingerprint density at radius 3 is 2.22 bits per heavy atom. The number of halogens is 4. The van der Waals surface area contributed by atoms with Crippen LogP contribution in [0.1, 0.15) is 11.6 Å². The summed E-state index contributed by atoms with van der Waals surface area (Å²) in [7, 11) is 0. The lowest BCUT2D eigenvalue weighted by Crippen LogP contribution is -2.26. The lowest BCUT2D eigenvalue weighted by molar-refractivity contribution is -0.156. The zero-order chi connectivity index (χ0) is 13.3. The molecule has 1 heterocycles. The van der Waals surface area contributed by atoms with Gasteiger partial charge in [0.15, 0.2) is 6.04 Å². The molecule has 0 fully saturated rings. The Morgan fingerprint density at radius 2 is 1.78 bits per heavy atom. The van der Waals surface area contributed by atoms with Gasteiger partial charge in [-0.25, -0.2) is 9.37 Å². The van der Waals surface area contributed by atoms with E-state index >= 15 is 0 Å². The molecule has 7 heteroatoms. The molecule has 1 atom stereocenters. The molecule has 0 aliphatic heterocycles. The zero-order valence-electron chi connectivity index (χ0n) is 9.03. The van der Waals surface area contributed by atoms with Gasteiger partial charge in [-0.2, -0.15) is 13.2 Å². The first-order chi connectivity index (χ1) is 8.38. The zero-order valence-corrected chi connectivity index (χ0v) is 9.03. The first-order valence-corrected chi connectivity index (χ1v) is 4.99. The van der Waals surface area contributed by atoms with Crippen molar-refractivity contribution in [2.45, 2.75) is 12.2 Å². The van der Waals surface area contributed by atoms with Gasteiger partial charge in [0.1, 0.15) is 11.6 Å². The minimum Gasteiger partial charge on any atom is -0.382 e. The number of nitrogens with zero attached hydrogens (tertiary/aromatic N) is 2. The van der Waals surface area contributed by atoms with Crippen LogP contribution in [0.25, 0.3) is 0 Å². The quantitative estimate of drug-likeness (QED) is 0.843. The largest absolute Gasteiger partial charge is 0.413 e. The monoisotopic (exact) mass is 259 g/mol. The van der Waals surface area contributed by atoms with Crippen LogP contribution in [0.3, 0.4) is 0 Å². The van der Waals surface area contributed by atoms with Crippen LogP contribution in [0.15, 0.2) is 36.8 Å². The smallest absolute Gasteiger partial charge is 0.382 e. The molecule has 2 rings (SSSR count). The van der Waals surface area contributed by atoms with Gasteiger partial charge in [0, 0.05) is 6.20 Å². The molecule has 1 unspecified atom stereocenters. The Hall–Kier alpha value is -2.05. The van der Waals surface area contributed by atoms with Crippen LogP contribution in [-0.2, 0) is 0 Å². The number of hydrogen-bond acceptors (Lipinski definition) is 2. The second-order valence-corrected chi connectivity index (χ2v) is 3.74. The van der Waals surface area contributed by atoms with Crippen molar-refractivity contribution in [3.63, 3.8) is 0 Å². The van der Waals surface area contributed by atoms with Crippen molar-refractivity contribution in [1.82, 2.24) is 9.55 Å². The summed E-state index contributed by atoms with van der Waals surface area (Å²) in [6.45, 7) is 0. The van der Waals surface area contributed by atoms with E-state index in [1.807, 2.05) is 0 Å². The Morgan fingerprint density at radius 1 is 1.17 bits per heavy atom. The number of anilines is 1. The van der Waals surface area contributed by atoms with E-state index in [1.165, 1.54) is 0 Å². The third-order valence-corrected chi connectivity index (χ3v) is 2.42. The molecule has 0 aliphatic rings. The van der Waals surface area contributed by atoms with Crippen molar-refractivity contribution in [2.75, 3.05) is 5.73 Å². The third kappa shape index (κ3) is 2.44. The normalized spacial score (nSPS) is 13.6. The van der Waals surface area contributed by atoms with Crippen molar-refractivity contribution in [1.29, 1.82) is 0 Å². The predicted molar refractivity (Wildman–Crippen MR) is 57.2 cm³/mol. The average Bonchev–Trinajstić information content (AvgIpc) is 2.66. The van der Waals surface area contributed by atoms with Crippen LogP contribution >= 0.6 is 0 Å². The summed E-state index contributed by atoms with van der Waals surface area (Å²) in [5, 5.41) is 0. The van der Waals surface area contributed by atoms with Crippen LogP contribution in [0.2, 0.25) is 0 Å². The first kappa shape index (κ1) is 12.4. The van der Waals surface area contributed by atoms with Crippen LogP contribution < -0.4 is 5.73 Å². The standard InChI is InChI=1S/C11H9F4N3/c12-8-3-1-7(2-4-8)10(11(13,14)15)18-5-9(16)17-6-18/h1-6,10H,16H2. The highest BCUT2D eigenvalue weighted by molar-refractivity contribution is 5.27. The van der Waals surface area contributed by atoms with E-state index in [-0.39, 0.29) is 11.4 Å². The van der Waals surface area contributed by atoms with Gasteiger partial charge in [-0.05, 0) is 17.7 Å². The molecule has 0 saturated heterocycles. The molecule has 1 aromatic heterocycles. The minimum absolute atomic E-state index is 0.00800. The van der Waals surface area contributed by atoms with E-state index in [2.05, 4.69) is 4.98 Å². The highest BCUT2D eigenvalue weighted by Crippen LogP contribution is 2.36. The van der Waals surface area contributed by atoms with Gasteiger partial charge in [0.05, 0.1) is 6.33 Å². The molecule has 18 heavy (non-hydrogen) atoms. The molecule has 3 nitrogen and oxygen atoms in total. The van der Waals surface area contributed by atoms with Gasteiger partial charge in [-0.1, -0.05) is 12.1 Å². The number of hydrogen-bond donors (Lipinski definition) is 1. The maximum Gasteiger partial charge on any atom is 0.413 e. The maximum absolute atomic E-state index is 13.0. The summed E-state index contributed by atoms with van der Waals surface area (Å²) >= 11 is 0. The summed E-state index contributed by atoms with van der Waals surface area (Å²) < 4.78 is 52.6. The second kappa shape index (κ2) is 4.32. The fraction of sp³-hybridized carbons (Fsp3) is 0.182. The second-order valence-electron chi connectivity index (χ2n) is 3.74. The molecule has 2 aromatic rings. The summed E-state index contributed by atoms with van der Waals surface area (Å²) in [5.41, 5.74) is 5.22. The van der Waals surface area contributed by atoms with Crippen molar-refractivity contribution in [3.05, 3.63) is 48.2 Å². The molecular weight excluding hydrogens is 250 g/mol. The van der Waals surface area contributed by atoms with E-state index < -0.39 is 18.0 Å². The van der Waals surface area contributed by atoms with Crippen LogP contribution in [-0.4, -0.2) is 15.7 Å². The fourth-order valence-corrected chi connectivity index (χ4v) is 1.67. The van der Waals surface area contributed by atoms with E-state index in [1.54, 1.807) is 0 Å². The minimum atomic E-state index is -4.52. The number of nitrogens with two attached hydrogens (primary N) is 1. The molecular formula is C11H9F4N3. The Labute approximate surface area is 99.9 Å². The van der Waals surface area contributed by atoms with Crippen molar-refractivity contribution in [2.24, 2.45) is 0 Å². The van der Waals surface area contributed by atoms with E-state index in [0.717, 1.165) is 41.4 Å². The van der Waals surface area contributed by atoms with Crippen LogP contribution in [0, 0.1) is 5.82 Å². The summed E-state index contributed by atoms with van der Waals surface area (Å²) in [4.78, 5) is 3.56. The van der Waals surface area contributed by atoms with Gasteiger partial charge in [0.25, 0.3) is 0 Å². The lowest BCUT2D eigenvalue weighted by atomic mass is 10.1. The molecule has 1 aromatic carbocycles. The average molecular weight is 259 g/mol. The van der Waals surface area contributed by atoms with Crippen LogP contribution in [0.4, 0.5) is 23.4 Å². The lowest BCUT2D eigenvalue weighted by Gasteiger charge is -2.21. The van der Waals surface area contributed by atoms with Gasteiger partial charge in [-0.3, -0.25) is 0 Å². The number of benzene rings is 1. The highest BCUT2D eigenvalue weighted by Gasteiger charge is 2.42. The highest BCUT2D eigenvalue weighted by atomic mass is 19.4. The Bertz CT molecular complexity index is 530. The number of nitrogen functional groups attached to an aromatic ring is 1. The molecule has 0 saturated carbocycles. The van der Waals surface area contributed by atoms with E-state index in [4.69, 9.17) is 5.73 Å². The van der Waals surface area contributed by atoms with Crippen molar-refractivity contribution < 1.29 is 17.6 Å². The number of rotatable bonds is 2. The Balaban J connectivity index is 2.47. The van der Waals surface area contributed by atoms with E-state index in [9.17, 15) is 17.6 Å². The SMILES string of the molecule is Nc1cn(C(c2ccc(F)cc2)C(F)(F)F)cn1. The fourth-order valence-electron chi connectivity index (χ4n) is 1.67. The molecule has 2 N–H and O–H groups in total. The van der Waals surface area contributed by atoms with Gasteiger partial charge in [-0.15, -0.1) is 0 Å². The number of alkyl halides is 3. The number of imidazole rings is 1. The van der Waals surface area contributed by atoms with Crippen molar-refractivity contribution in [3.8, 4) is 0 Å². The summed E-state index contributed by atoms with van der Waals surface area (Å²) in [5.74, 6) is -0.601. The summed E-state index contributed by atoms with van der Waals surface area (Å²) in [6, 6.07) is 2.21. The molecule has 0 radical (unpaired) electrons. The van der Waals surface area contributed by atoms with E-state index in [0.29, 0.717) is 0 Å². The summed E-state index contributed by atoms with van der Waals surface area (Å²) in [6.07, 6.45) is -2.44. The first-order valence-electron chi connectivity index (χ1n) is 4.99.